The van der Waals surface area contributed by atoms with Crippen molar-refractivity contribution in [2.24, 2.45) is 0 Å². The normalized spacial score (nSPS) is 14.5. The molecule has 0 rings (SSSR count). The highest BCUT2D eigenvalue weighted by Crippen LogP contribution is 2.22. The van der Waals surface area contributed by atoms with Crippen LogP contribution in [0.4, 0.5) is 26.3 Å². The maximum Gasteiger partial charge on any atom is 0.471 e. The molecular weight excluding hydrogens is 236 g/mol. The molecule has 0 aliphatic heterocycles. The average molecular weight is 239 g/mol. The zero-order valence-electron chi connectivity index (χ0n) is 6.61. The number of hydrogen-bond donors (Lipinski definition) is 2. The zero-order valence-corrected chi connectivity index (χ0v) is 6.61. The Bertz CT molecular complexity index is 269. The van der Waals surface area contributed by atoms with E-state index < -0.39 is 30.3 Å². The van der Waals surface area contributed by atoms with Gasteiger partial charge in [-0.3, -0.25) is 4.79 Å². The minimum Gasteiger partial charge on any atom is -0.479 e. The lowest BCUT2D eigenvalue weighted by Crippen LogP contribution is -2.54. The predicted molar refractivity (Wildman–Crippen MR) is 31.7 cm³/mol. The van der Waals surface area contributed by atoms with Crippen molar-refractivity contribution in [3.8, 4) is 0 Å². The lowest BCUT2D eigenvalue weighted by Gasteiger charge is -2.17. The third-order valence-corrected chi connectivity index (χ3v) is 1.11. The highest BCUT2D eigenvalue weighted by molar-refractivity contribution is 5.87. The van der Waals surface area contributed by atoms with Crippen molar-refractivity contribution >= 4 is 11.9 Å². The quantitative estimate of drug-likeness (QED) is 0.696. The van der Waals surface area contributed by atoms with Crippen LogP contribution in [-0.2, 0) is 9.59 Å². The highest BCUT2D eigenvalue weighted by Gasteiger charge is 2.50. The first kappa shape index (κ1) is 13.5. The van der Waals surface area contributed by atoms with E-state index >= 15 is 0 Å². The van der Waals surface area contributed by atoms with Crippen molar-refractivity contribution in [3.05, 3.63) is 0 Å². The second-order valence-electron chi connectivity index (χ2n) is 2.28. The summed E-state index contributed by atoms with van der Waals surface area (Å²) in [6, 6.07) is -3.58. The molecule has 0 aromatic heterocycles. The van der Waals surface area contributed by atoms with Crippen molar-refractivity contribution < 1.29 is 41.0 Å². The minimum atomic E-state index is -5.57. The molecule has 0 aliphatic carbocycles. The molecule has 0 saturated heterocycles. The van der Waals surface area contributed by atoms with Gasteiger partial charge in [-0.25, -0.2) is 4.79 Å². The predicted octanol–water partition coefficient (Wildman–Crippen LogP) is 0.680. The van der Waals surface area contributed by atoms with Crippen LogP contribution in [0.2, 0.25) is 0 Å². The van der Waals surface area contributed by atoms with E-state index in [1.54, 1.807) is 0 Å². The van der Waals surface area contributed by atoms with E-state index in [0.29, 0.717) is 5.32 Å². The first-order valence-corrected chi connectivity index (χ1v) is 3.13. The zero-order chi connectivity index (χ0) is 12.4. The molecule has 1 amide bonds. The summed E-state index contributed by atoms with van der Waals surface area (Å²) in [7, 11) is 0. The van der Waals surface area contributed by atoms with Crippen LogP contribution in [0.1, 0.15) is 0 Å². The van der Waals surface area contributed by atoms with Gasteiger partial charge in [-0.1, -0.05) is 0 Å². The average Bonchev–Trinajstić information content (AvgIpc) is 1.94. The molecule has 0 radical (unpaired) electrons. The van der Waals surface area contributed by atoms with E-state index in [1.807, 2.05) is 0 Å². The van der Waals surface area contributed by atoms with Gasteiger partial charge in [0, 0.05) is 0 Å². The van der Waals surface area contributed by atoms with Crippen LogP contribution in [0.15, 0.2) is 0 Å². The number of nitrogens with one attached hydrogen (secondary N) is 1. The lowest BCUT2D eigenvalue weighted by molar-refractivity contribution is -0.194. The van der Waals surface area contributed by atoms with Crippen molar-refractivity contribution in [1.29, 1.82) is 0 Å². The number of carbonyl (C=O) groups is 2. The van der Waals surface area contributed by atoms with Gasteiger partial charge in [0.1, 0.15) is 0 Å². The van der Waals surface area contributed by atoms with Crippen molar-refractivity contribution in [1.82, 2.24) is 5.32 Å². The van der Waals surface area contributed by atoms with Crippen molar-refractivity contribution in [2.45, 2.75) is 18.4 Å². The summed E-state index contributed by atoms with van der Waals surface area (Å²) in [6.45, 7) is 0. The number of hydrogen-bond acceptors (Lipinski definition) is 2. The number of aliphatic carboxylic acids is 1. The Morgan fingerprint density at radius 3 is 1.67 bits per heavy atom. The van der Waals surface area contributed by atoms with E-state index in [9.17, 15) is 35.9 Å². The molecule has 0 aromatic rings. The summed E-state index contributed by atoms with van der Waals surface area (Å²) in [6.07, 6.45) is -11.1. The van der Waals surface area contributed by atoms with Gasteiger partial charge in [-0.15, -0.1) is 0 Å². The van der Waals surface area contributed by atoms with Crippen LogP contribution in [0.25, 0.3) is 0 Å². The Labute approximate surface area is 77.9 Å². The fourth-order valence-electron chi connectivity index (χ4n) is 0.497. The maximum atomic E-state index is 11.8. The Hall–Kier alpha value is -1.48. The fourth-order valence-corrected chi connectivity index (χ4v) is 0.497. The molecule has 1 atom stereocenters. The molecule has 0 spiro atoms. The molecule has 0 fully saturated rings. The third-order valence-electron chi connectivity index (χ3n) is 1.11. The van der Waals surface area contributed by atoms with Crippen LogP contribution < -0.4 is 5.32 Å². The maximum absolute atomic E-state index is 11.8. The van der Waals surface area contributed by atoms with Crippen molar-refractivity contribution in [2.75, 3.05) is 0 Å². The summed E-state index contributed by atoms with van der Waals surface area (Å²) in [5.41, 5.74) is 0. The number of carboxylic acid groups (broad SMARTS) is 1. The fraction of sp³-hybridized carbons (Fsp3) is 0.600. The Morgan fingerprint density at radius 2 is 1.47 bits per heavy atom. The van der Waals surface area contributed by atoms with Crippen LogP contribution in [-0.4, -0.2) is 35.4 Å². The van der Waals surface area contributed by atoms with Gasteiger partial charge in [0.2, 0.25) is 6.04 Å². The van der Waals surface area contributed by atoms with E-state index in [-0.39, 0.29) is 0 Å². The van der Waals surface area contributed by atoms with Crippen LogP contribution >= 0.6 is 0 Å². The second-order valence-corrected chi connectivity index (χ2v) is 2.28. The third kappa shape index (κ3) is 4.04. The van der Waals surface area contributed by atoms with Crippen LogP contribution in [0.5, 0.6) is 0 Å². The number of carboxylic acids is 1. The summed E-state index contributed by atoms with van der Waals surface area (Å²) in [5.74, 6) is -5.59. The van der Waals surface area contributed by atoms with Gasteiger partial charge < -0.3 is 10.4 Å². The van der Waals surface area contributed by atoms with Crippen molar-refractivity contribution in [3.63, 3.8) is 0 Å². The molecule has 0 unspecified atom stereocenters. The largest absolute Gasteiger partial charge is 0.479 e. The molecule has 0 bridgehead atoms. The smallest absolute Gasteiger partial charge is 0.471 e. The van der Waals surface area contributed by atoms with Gasteiger partial charge in [-0.05, 0) is 0 Å². The standard InChI is InChI=1S/C5H3F6NO3/c6-4(7,8)1(2(13)14)12-3(15)5(9,10)11/h1H,(H,12,15)(H,13,14)/t1-/m1/s1. The Morgan fingerprint density at radius 1 is 1.07 bits per heavy atom. The Kier molecular flexibility index (Phi) is 3.56. The summed E-state index contributed by atoms with van der Waals surface area (Å²) in [4.78, 5) is 19.9. The molecule has 0 heterocycles. The lowest BCUT2D eigenvalue weighted by atomic mass is 10.3. The molecule has 0 saturated carbocycles. The van der Waals surface area contributed by atoms with E-state index in [4.69, 9.17) is 5.11 Å². The first-order chi connectivity index (χ1) is 6.46. The molecule has 15 heavy (non-hydrogen) atoms. The SMILES string of the molecule is O=C(O)[C@@H](NC(=O)C(F)(F)F)C(F)(F)F. The molecule has 0 aliphatic rings. The molecule has 4 nitrogen and oxygen atoms in total. The molecule has 0 aromatic carbocycles. The summed E-state index contributed by atoms with van der Waals surface area (Å²) < 4.78 is 69.7. The molecule has 10 heteroatoms. The molecular formula is C5H3F6NO3. The highest BCUT2D eigenvalue weighted by atomic mass is 19.4. The number of alkyl halides is 6. The van der Waals surface area contributed by atoms with E-state index in [0.717, 1.165) is 0 Å². The second kappa shape index (κ2) is 3.95. The van der Waals surface area contributed by atoms with Gasteiger partial charge >= 0.3 is 24.2 Å². The van der Waals surface area contributed by atoms with E-state index in [2.05, 4.69) is 0 Å². The minimum absolute atomic E-state index is 0.308. The summed E-state index contributed by atoms with van der Waals surface area (Å²) >= 11 is 0. The number of rotatable bonds is 2. The number of carbonyl (C=O) groups excluding carboxylic acids is 1. The van der Waals surface area contributed by atoms with Gasteiger partial charge in [0.15, 0.2) is 0 Å². The first-order valence-electron chi connectivity index (χ1n) is 3.13. The van der Waals surface area contributed by atoms with Crippen LogP contribution in [0.3, 0.4) is 0 Å². The number of halogens is 6. The summed E-state index contributed by atoms with van der Waals surface area (Å²) in [5, 5.41) is 8.23. The monoisotopic (exact) mass is 239 g/mol. The molecule has 2 N–H and O–H groups in total. The van der Waals surface area contributed by atoms with Gasteiger partial charge in [-0.2, -0.15) is 26.3 Å². The Balaban J connectivity index is 4.74. The topological polar surface area (TPSA) is 66.4 Å². The molecule has 88 valence electrons. The van der Waals surface area contributed by atoms with Gasteiger partial charge in [0.05, 0.1) is 0 Å². The number of amides is 1. The van der Waals surface area contributed by atoms with E-state index in [1.165, 1.54) is 0 Å². The van der Waals surface area contributed by atoms with Crippen LogP contribution in [0, 0.1) is 0 Å². The van der Waals surface area contributed by atoms with Gasteiger partial charge in [0.25, 0.3) is 0 Å².